The van der Waals surface area contributed by atoms with E-state index in [0.29, 0.717) is 18.5 Å². The smallest absolute Gasteiger partial charge is 0.315 e. The van der Waals surface area contributed by atoms with Gasteiger partial charge in [0.2, 0.25) is 5.89 Å². The molecule has 6 heteroatoms. The molecule has 19 heavy (non-hydrogen) atoms. The molecule has 5 nitrogen and oxygen atoms in total. The van der Waals surface area contributed by atoms with Gasteiger partial charge in [-0.05, 0) is 24.1 Å². The highest BCUT2D eigenvalue weighted by atomic mass is 32.2. The first kappa shape index (κ1) is 13.7. The molecule has 2 rings (SSSR count). The summed E-state index contributed by atoms with van der Waals surface area (Å²) >= 11 is 0. The van der Waals surface area contributed by atoms with Gasteiger partial charge in [-0.2, -0.15) is 0 Å². The molecule has 1 aromatic heterocycles. The predicted octanol–water partition coefficient (Wildman–Crippen LogP) is 2.37. The second-order valence-electron chi connectivity index (χ2n) is 4.20. The summed E-state index contributed by atoms with van der Waals surface area (Å²) in [4.78, 5) is 0.826. The van der Waals surface area contributed by atoms with Crippen LogP contribution >= 0.6 is 0 Å². The normalized spacial score (nSPS) is 12.3. The summed E-state index contributed by atoms with van der Waals surface area (Å²) in [6, 6.07) is 8.04. The molecule has 0 saturated heterocycles. The van der Waals surface area contributed by atoms with Gasteiger partial charge < -0.3 is 9.73 Å². The quantitative estimate of drug-likeness (QED) is 0.879. The maximum atomic E-state index is 11.3. The number of benzene rings is 1. The SMILES string of the molecule is CCCc1nnc(NCc2ccc([S@](C)=O)cc2)o1. The topological polar surface area (TPSA) is 68.0 Å². The summed E-state index contributed by atoms with van der Waals surface area (Å²) < 4.78 is 16.7. The molecular weight excluding hydrogens is 262 g/mol. The highest BCUT2D eigenvalue weighted by Crippen LogP contribution is 2.11. The van der Waals surface area contributed by atoms with Crippen LogP contribution in [0.1, 0.15) is 24.8 Å². The lowest BCUT2D eigenvalue weighted by Crippen LogP contribution is -1.99. The van der Waals surface area contributed by atoms with Gasteiger partial charge in [-0.3, -0.25) is 4.21 Å². The molecule has 0 radical (unpaired) electrons. The largest absolute Gasteiger partial charge is 0.408 e. The highest BCUT2D eigenvalue weighted by molar-refractivity contribution is 7.84. The van der Waals surface area contributed by atoms with Crippen LogP contribution in [0.5, 0.6) is 0 Å². The van der Waals surface area contributed by atoms with Crippen molar-refractivity contribution in [2.24, 2.45) is 0 Å². The molecule has 0 bridgehead atoms. The monoisotopic (exact) mass is 279 g/mol. The Kier molecular flexibility index (Phi) is 4.68. The first-order valence-electron chi connectivity index (χ1n) is 6.17. The van der Waals surface area contributed by atoms with E-state index in [1.54, 1.807) is 6.26 Å². The highest BCUT2D eigenvalue weighted by Gasteiger charge is 2.04. The van der Waals surface area contributed by atoms with E-state index in [9.17, 15) is 4.21 Å². The van der Waals surface area contributed by atoms with Crippen LogP contribution in [-0.2, 0) is 23.8 Å². The van der Waals surface area contributed by atoms with Crippen LogP contribution in [0.3, 0.4) is 0 Å². The van der Waals surface area contributed by atoms with Gasteiger partial charge in [-0.15, -0.1) is 5.10 Å². The van der Waals surface area contributed by atoms with Crippen molar-refractivity contribution in [2.45, 2.75) is 31.2 Å². The number of aryl methyl sites for hydroxylation is 1. The number of anilines is 1. The fourth-order valence-corrected chi connectivity index (χ4v) is 2.14. The summed E-state index contributed by atoms with van der Waals surface area (Å²) in [6.07, 6.45) is 3.45. The maximum Gasteiger partial charge on any atom is 0.315 e. The second kappa shape index (κ2) is 6.47. The van der Waals surface area contributed by atoms with E-state index in [0.717, 1.165) is 23.3 Å². The molecule has 0 fully saturated rings. The molecule has 0 amide bonds. The average Bonchev–Trinajstić information content (AvgIpc) is 2.85. The van der Waals surface area contributed by atoms with Crippen molar-refractivity contribution in [3.8, 4) is 0 Å². The molecule has 0 aliphatic carbocycles. The molecule has 1 aromatic carbocycles. The van der Waals surface area contributed by atoms with Gasteiger partial charge in [0.15, 0.2) is 0 Å². The van der Waals surface area contributed by atoms with Crippen LogP contribution in [0.25, 0.3) is 0 Å². The minimum atomic E-state index is -0.937. The summed E-state index contributed by atoms with van der Waals surface area (Å²) in [5, 5.41) is 10.9. The van der Waals surface area contributed by atoms with Crippen molar-refractivity contribution in [2.75, 3.05) is 11.6 Å². The van der Waals surface area contributed by atoms with Crippen LogP contribution in [0.2, 0.25) is 0 Å². The third-order valence-corrected chi connectivity index (χ3v) is 3.57. The molecule has 2 aromatic rings. The van der Waals surface area contributed by atoms with E-state index >= 15 is 0 Å². The Bertz CT molecular complexity index is 551. The number of nitrogens with zero attached hydrogens (tertiary/aromatic N) is 2. The molecule has 0 aliphatic heterocycles. The van der Waals surface area contributed by atoms with Gasteiger partial charge in [0.05, 0.1) is 0 Å². The van der Waals surface area contributed by atoms with Crippen molar-refractivity contribution in [1.82, 2.24) is 10.2 Å². The molecule has 102 valence electrons. The molecule has 1 N–H and O–H groups in total. The number of nitrogens with one attached hydrogen (secondary N) is 1. The lowest BCUT2D eigenvalue weighted by molar-refractivity contribution is 0.501. The molecule has 0 aliphatic rings. The average molecular weight is 279 g/mol. The first-order valence-corrected chi connectivity index (χ1v) is 7.73. The van der Waals surface area contributed by atoms with Gasteiger partial charge in [0, 0.05) is 34.9 Å². The summed E-state index contributed by atoms with van der Waals surface area (Å²) in [6.45, 7) is 2.67. The molecule has 1 atom stereocenters. The Labute approximate surface area is 114 Å². The second-order valence-corrected chi connectivity index (χ2v) is 5.58. The van der Waals surface area contributed by atoms with Gasteiger partial charge in [0.25, 0.3) is 0 Å². The zero-order chi connectivity index (χ0) is 13.7. The van der Waals surface area contributed by atoms with E-state index in [1.807, 2.05) is 24.3 Å². The van der Waals surface area contributed by atoms with Crippen LogP contribution in [0.15, 0.2) is 33.6 Å². The van der Waals surface area contributed by atoms with Gasteiger partial charge in [0.1, 0.15) is 0 Å². The Balaban J connectivity index is 1.92. The molecule has 0 spiro atoms. The van der Waals surface area contributed by atoms with Crippen LogP contribution in [-0.4, -0.2) is 20.7 Å². The lowest BCUT2D eigenvalue weighted by atomic mass is 10.2. The van der Waals surface area contributed by atoms with Crippen molar-refractivity contribution >= 4 is 16.8 Å². The van der Waals surface area contributed by atoms with Crippen LogP contribution in [0, 0.1) is 0 Å². The summed E-state index contributed by atoms with van der Waals surface area (Å²) in [5.74, 6) is 0.654. The molecule has 1 heterocycles. The third kappa shape index (κ3) is 3.89. The fraction of sp³-hybridized carbons (Fsp3) is 0.385. The van der Waals surface area contributed by atoms with Crippen molar-refractivity contribution in [3.05, 3.63) is 35.7 Å². The maximum absolute atomic E-state index is 11.3. The molecule has 0 saturated carbocycles. The summed E-state index contributed by atoms with van der Waals surface area (Å²) in [7, 11) is -0.937. The van der Waals surface area contributed by atoms with Crippen molar-refractivity contribution < 1.29 is 8.63 Å². The van der Waals surface area contributed by atoms with Crippen molar-refractivity contribution in [3.63, 3.8) is 0 Å². The lowest BCUT2D eigenvalue weighted by Gasteiger charge is -2.02. The minimum Gasteiger partial charge on any atom is -0.408 e. The van der Waals surface area contributed by atoms with E-state index in [-0.39, 0.29) is 0 Å². The van der Waals surface area contributed by atoms with Gasteiger partial charge in [-0.25, -0.2) is 0 Å². The number of aromatic nitrogens is 2. The zero-order valence-corrected chi connectivity index (χ0v) is 11.9. The van der Waals surface area contributed by atoms with E-state index in [2.05, 4.69) is 22.4 Å². The standard InChI is InChI=1S/C13H17N3O2S/c1-3-4-12-15-16-13(18-12)14-9-10-5-7-11(8-6-10)19(2)17/h5-8H,3-4,9H2,1-2H3,(H,14,16)/t19-/m0/s1. The van der Waals surface area contributed by atoms with Gasteiger partial charge in [-0.1, -0.05) is 24.2 Å². The van der Waals surface area contributed by atoms with Crippen LogP contribution in [0.4, 0.5) is 6.01 Å². The fourth-order valence-electron chi connectivity index (χ4n) is 1.62. The van der Waals surface area contributed by atoms with E-state index < -0.39 is 10.8 Å². The van der Waals surface area contributed by atoms with Gasteiger partial charge >= 0.3 is 6.01 Å². The van der Waals surface area contributed by atoms with E-state index in [4.69, 9.17) is 4.42 Å². The Hall–Kier alpha value is -1.69. The summed E-state index contributed by atoms with van der Waals surface area (Å²) in [5.41, 5.74) is 1.07. The molecular formula is C13H17N3O2S. The van der Waals surface area contributed by atoms with Crippen molar-refractivity contribution in [1.29, 1.82) is 0 Å². The predicted molar refractivity (Wildman–Crippen MR) is 74.4 cm³/mol. The number of rotatable bonds is 6. The number of hydrogen-bond donors (Lipinski definition) is 1. The Morgan fingerprint density at radius 1 is 1.26 bits per heavy atom. The molecule has 0 unspecified atom stereocenters. The minimum absolute atomic E-state index is 0.437. The first-order chi connectivity index (χ1) is 9.19. The number of hydrogen-bond acceptors (Lipinski definition) is 5. The van der Waals surface area contributed by atoms with E-state index in [1.165, 1.54) is 0 Å². The van der Waals surface area contributed by atoms with Crippen LogP contribution < -0.4 is 5.32 Å². The Morgan fingerprint density at radius 2 is 2.00 bits per heavy atom. The Morgan fingerprint density at radius 3 is 2.63 bits per heavy atom. The third-order valence-electron chi connectivity index (χ3n) is 2.63. The zero-order valence-electron chi connectivity index (χ0n) is 11.0.